The average Bonchev–Trinajstić information content (AvgIpc) is 4.01. The summed E-state index contributed by atoms with van der Waals surface area (Å²) in [5.41, 5.74) is -0.487. The Morgan fingerprint density at radius 3 is 1.57 bits per heavy atom. The molecule has 442 valence electrons. The summed E-state index contributed by atoms with van der Waals surface area (Å²) in [5, 5.41) is 40.8. The highest BCUT2D eigenvalue weighted by molar-refractivity contribution is 5.88. The van der Waals surface area contributed by atoms with Crippen LogP contribution >= 0.6 is 0 Å². The van der Waals surface area contributed by atoms with E-state index in [0.717, 1.165) is 44.9 Å². The Hall–Kier alpha value is -1.17. The number of hydrogen-bond donors (Lipinski definition) is 4. The average molecular weight is 1100 g/mol. The molecule has 3 saturated carbocycles. The number of aliphatic hydroxyl groups excluding tert-OH is 4. The first-order valence-corrected chi connectivity index (χ1v) is 28.6. The summed E-state index contributed by atoms with van der Waals surface area (Å²) >= 11 is 0. The van der Waals surface area contributed by atoms with Crippen molar-refractivity contribution in [2.75, 3.05) is 35.0 Å². The van der Waals surface area contributed by atoms with Gasteiger partial charge in [0.25, 0.3) is 0 Å². The highest BCUT2D eigenvalue weighted by Crippen LogP contribution is 2.67. The van der Waals surface area contributed by atoms with Crippen LogP contribution in [-0.2, 0) is 85.6 Å². The predicted molar refractivity (Wildman–Crippen MR) is 265 cm³/mol. The third-order valence-corrected chi connectivity index (χ3v) is 20.2. The highest BCUT2D eigenvalue weighted by Gasteiger charge is 2.70. The van der Waals surface area contributed by atoms with Gasteiger partial charge in [0.15, 0.2) is 37.2 Å². The molecule has 1 spiro atoms. The summed E-state index contributed by atoms with van der Waals surface area (Å²) < 4.78 is 94.8. The molecule has 0 aromatic carbocycles. The molecule has 22 nitrogen and oxygen atoms in total. The fourth-order valence-electron chi connectivity index (χ4n) is 15.7. The maximum absolute atomic E-state index is 13.4. The lowest BCUT2D eigenvalue weighted by atomic mass is 9.52. The van der Waals surface area contributed by atoms with Gasteiger partial charge in [-0.3, -0.25) is 4.79 Å². The molecule has 10 fully saturated rings. The summed E-state index contributed by atoms with van der Waals surface area (Å²) in [4.78, 5) is 25.7. The minimum absolute atomic E-state index is 0.00111. The quantitative estimate of drug-likeness (QED) is 0.128. The summed E-state index contributed by atoms with van der Waals surface area (Å²) in [6, 6.07) is 0. The van der Waals surface area contributed by atoms with Gasteiger partial charge < -0.3 is 91.5 Å². The van der Waals surface area contributed by atoms with E-state index < -0.39 is 141 Å². The molecule has 7 heterocycles. The van der Waals surface area contributed by atoms with Crippen LogP contribution in [0.5, 0.6) is 0 Å². The number of ketones is 1. The van der Waals surface area contributed by atoms with E-state index in [1.807, 2.05) is 20.8 Å². The molecule has 3 aliphatic carbocycles. The van der Waals surface area contributed by atoms with Gasteiger partial charge in [0, 0.05) is 78.8 Å². The SMILES string of the molecule is CO[C@H]1C[C@H](OO[C@H]2CC[C@@]3(C)C(CC[C@@]45OC(C)[C@H]6CCC(=O)[C@]6(C)C(C[C@@H]43)O5)C2)O[C@H](C)[C@H]1O[C@H]1C[C@H](OC)[C@H](O[C@H]2C[C@@H](OC)[C@H](O[C@H]3C[C@H](OC)[C@H](O[C@@H]4O[C@H](CO)[C@@H](O)[C@H](O)[C@H]4O)[C@@H](C)O3)[C@@H](C)O2)[C@@H](C)O1. The van der Waals surface area contributed by atoms with E-state index in [1.165, 1.54) is 7.11 Å². The zero-order chi connectivity index (χ0) is 54.9. The highest BCUT2D eigenvalue weighted by atomic mass is 17.2. The molecule has 0 radical (unpaired) electrons. The number of methoxy groups -OCH3 is 4. The van der Waals surface area contributed by atoms with E-state index >= 15 is 0 Å². The van der Waals surface area contributed by atoms with Crippen molar-refractivity contribution >= 4 is 5.78 Å². The van der Waals surface area contributed by atoms with Gasteiger partial charge in [0.2, 0.25) is 0 Å². The zero-order valence-corrected chi connectivity index (χ0v) is 46.9. The van der Waals surface area contributed by atoms with E-state index in [-0.39, 0.29) is 48.1 Å². The lowest BCUT2D eigenvalue weighted by molar-refractivity contribution is -0.430. The molecule has 4 N–H and O–H groups in total. The number of rotatable bonds is 16. The summed E-state index contributed by atoms with van der Waals surface area (Å²) in [6.07, 6.45) is -8.11. The molecule has 7 saturated heterocycles. The standard InChI is InChI=1S/C55H90O22/c1-25-32-12-13-39(57)54(32,7)40-23-38-53(6)16-15-31(18-30(53)14-17-55(38,74-25)75-40)76-77-44-22-36(64-11)50(28(4)68-44)72-42-20-34(62-9)48(26(2)66-42)70-41-19-33(61-8)49(27(3)65-41)71-43-21-35(63-10)51(29(5)67-43)73-52-47(60)46(59)45(58)37(24-56)69-52/h25-38,40-52,56,58-60H,12-24H2,1-11H3/t25?,26-,27-,28-,29-,30?,31+,32-,33-,34+,35+,36+,37-,38-,40?,41+,42+,43+,44+,45-,46+,47-,48-,49-,50-,51-,52+,53+,54-,55+/m1/s1. The first-order chi connectivity index (χ1) is 36.8. The molecule has 30 atom stereocenters. The van der Waals surface area contributed by atoms with Gasteiger partial charge in [-0.2, -0.15) is 0 Å². The Labute approximate surface area is 453 Å². The number of fused-ring (bicyclic) bond motifs is 5. The molecule has 3 unspecified atom stereocenters. The van der Waals surface area contributed by atoms with Crippen LogP contribution in [0, 0.1) is 28.6 Å². The second-order valence-corrected chi connectivity index (χ2v) is 24.4. The maximum Gasteiger partial charge on any atom is 0.194 e. The first-order valence-electron chi connectivity index (χ1n) is 28.6. The van der Waals surface area contributed by atoms with Gasteiger partial charge in [-0.15, -0.1) is 0 Å². The molecule has 0 aromatic rings. The molecule has 2 bridgehead atoms. The monoisotopic (exact) mass is 1100 g/mol. The smallest absolute Gasteiger partial charge is 0.194 e. The van der Waals surface area contributed by atoms with E-state index in [2.05, 4.69) is 20.8 Å². The second-order valence-electron chi connectivity index (χ2n) is 24.4. The van der Waals surface area contributed by atoms with E-state index in [0.29, 0.717) is 37.4 Å². The fraction of sp³-hybridized carbons (Fsp3) is 0.982. The van der Waals surface area contributed by atoms with Crippen LogP contribution in [0.25, 0.3) is 0 Å². The van der Waals surface area contributed by atoms with Crippen molar-refractivity contribution in [3.05, 3.63) is 0 Å². The van der Waals surface area contributed by atoms with E-state index in [1.54, 1.807) is 28.3 Å². The van der Waals surface area contributed by atoms with Crippen molar-refractivity contribution in [2.24, 2.45) is 28.6 Å². The van der Waals surface area contributed by atoms with Gasteiger partial charge in [0.1, 0.15) is 54.6 Å². The number of hydrogen-bond acceptors (Lipinski definition) is 22. The molecule has 7 aliphatic heterocycles. The van der Waals surface area contributed by atoms with Crippen molar-refractivity contribution in [3.8, 4) is 0 Å². The van der Waals surface area contributed by atoms with Crippen molar-refractivity contribution in [2.45, 2.75) is 279 Å². The van der Waals surface area contributed by atoms with E-state index in [4.69, 9.17) is 80.8 Å². The van der Waals surface area contributed by atoms with Gasteiger partial charge in [-0.1, -0.05) is 6.92 Å². The Morgan fingerprint density at radius 2 is 1.05 bits per heavy atom. The summed E-state index contributed by atoms with van der Waals surface area (Å²) in [5.74, 6) is 0.535. The third-order valence-electron chi connectivity index (χ3n) is 20.2. The number of aliphatic hydroxyl groups is 4. The molecule has 22 heteroatoms. The normalized spacial score (nSPS) is 54.1. The van der Waals surface area contributed by atoms with Crippen LogP contribution < -0.4 is 0 Å². The van der Waals surface area contributed by atoms with Crippen molar-refractivity contribution in [1.29, 1.82) is 0 Å². The second kappa shape index (κ2) is 23.8. The van der Waals surface area contributed by atoms with Crippen LogP contribution in [0.15, 0.2) is 0 Å². The molecule has 10 aliphatic rings. The van der Waals surface area contributed by atoms with Crippen LogP contribution in [0.3, 0.4) is 0 Å². The molecular formula is C55H90O22. The third kappa shape index (κ3) is 11.1. The van der Waals surface area contributed by atoms with Gasteiger partial charge in [0.05, 0.1) is 79.2 Å². The minimum atomic E-state index is -1.59. The van der Waals surface area contributed by atoms with Gasteiger partial charge in [-0.25, -0.2) is 9.78 Å². The number of ether oxygens (including phenoxy) is 15. The molecule has 77 heavy (non-hydrogen) atoms. The number of carbonyl (C=O) groups excluding carboxylic acids is 1. The van der Waals surface area contributed by atoms with E-state index in [9.17, 15) is 25.2 Å². The summed E-state index contributed by atoms with van der Waals surface area (Å²) in [6.45, 7) is 13.6. The van der Waals surface area contributed by atoms with Crippen molar-refractivity contribution < 1.29 is 106 Å². The van der Waals surface area contributed by atoms with Crippen LogP contribution in [0.1, 0.15) is 126 Å². The van der Waals surface area contributed by atoms with Gasteiger partial charge in [-0.05, 0) is 91.4 Å². The number of carbonyl (C=O) groups is 1. The summed E-state index contributed by atoms with van der Waals surface area (Å²) in [7, 11) is 6.43. The number of Topliss-reactive ketones (excluding diaryl/α,β-unsaturated/α-hetero) is 1. The molecule has 0 amide bonds. The van der Waals surface area contributed by atoms with Crippen LogP contribution in [-0.4, -0.2) is 214 Å². The van der Waals surface area contributed by atoms with Crippen molar-refractivity contribution in [3.63, 3.8) is 0 Å². The van der Waals surface area contributed by atoms with Gasteiger partial charge >= 0.3 is 0 Å². The predicted octanol–water partition coefficient (Wildman–Crippen LogP) is 3.35. The Bertz CT molecular complexity index is 1970. The Balaban J connectivity index is 0.679. The zero-order valence-electron chi connectivity index (χ0n) is 46.9. The molecule has 0 aromatic heterocycles. The van der Waals surface area contributed by atoms with Crippen molar-refractivity contribution in [1.82, 2.24) is 0 Å². The lowest BCUT2D eigenvalue weighted by Gasteiger charge is -2.57. The Kier molecular flexibility index (Phi) is 18.3. The van der Waals surface area contributed by atoms with Crippen LogP contribution in [0.4, 0.5) is 0 Å². The fourth-order valence-corrected chi connectivity index (χ4v) is 15.7. The minimum Gasteiger partial charge on any atom is -0.394 e. The first kappa shape index (κ1) is 59.0. The van der Waals surface area contributed by atoms with Crippen LogP contribution in [0.2, 0.25) is 0 Å². The molecular weight excluding hydrogens is 1010 g/mol. The molecule has 10 rings (SSSR count). The topological polar surface area (TPSA) is 255 Å². The maximum atomic E-state index is 13.4. The lowest BCUT2D eigenvalue weighted by Crippen LogP contribution is -2.62. The largest absolute Gasteiger partial charge is 0.394 e. The Morgan fingerprint density at radius 1 is 0.545 bits per heavy atom.